The second-order valence-electron chi connectivity index (χ2n) is 4.51. The second-order valence-corrected chi connectivity index (χ2v) is 4.51. The standard InChI is InChI=1S/C12H21N3/c13-7-4-8-15-10-12(9-14-15)11-5-2-1-3-6-11/h9-11H,1-8,13H2. The molecule has 2 rings (SSSR count). The van der Waals surface area contributed by atoms with E-state index in [-0.39, 0.29) is 0 Å². The third kappa shape index (κ3) is 2.81. The van der Waals surface area contributed by atoms with E-state index in [1.165, 1.54) is 37.7 Å². The molecule has 0 unspecified atom stereocenters. The number of aromatic nitrogens is 2. The molecule has 0 radical (unpaired) electrons. The van der Waals surface area contributed by atoms with E-state index in [0.29, 0.717) is 0 Å². The van der Waals surface area contributed by atoms with Gasteiger partial charge in [0.25, 0.3) is 0 Å². The summed E-state index contributed by atoms with van der Waals surface area (Å²) < 4.78 is 2.04. The molecule has 1 heterocycles. The maximum atomic E-state index is 5.48. The quantitative estimate of drug-likeness (QED) is 0.823. The Kier molecular flexibility index (Phi) is 3.78. The van der Waals surface area contributed by atoms with Gasteiger partial charge >= 0.3 is 0 Å². The molecule has 0 aromatic carbocycles. The van der Waals surface area contributed by atoms with E-state index >= 15 is 0 Å². The third-order valence-corrected chi connectivity index (χ3v) is 3.32. The first kappa shape index (κ1) is 10.7. The molecule has 1 aliphatic carbocycles. The lowest BCUT2D eigenvalue weighted by Gasteiger charge is -2.19. The molecular weight excluding hydrogens is 186 g/mol. The van der Waals surface area contributed by atoms with Crippen molar-refractivity contribution in [2.75, 3.05) is 6.54 Å². The molecule has 1 saturated carbocycles. The maximum absolute atomic E-state index is 5.48. The minimum atomic E-state index is 0.749. The summed E-state index contributed by atoms with van der Waals surface area (Å²) in [5.41, 5.74) is 6.92. The van der Waals surface area contributed by atoms with Crippen LogP contribution in [-0.2, 0) is 6.54 Å². The minimum Gasteiger partial charge on any atom is -0.330 e. The van der Waals surface area contributed by atoms with Gasteiger partial charge in [0, 0.05) is 12.7 Å². The van der Waals surface area contributed by atoms with Gasteiger partial charge in [-0.2, -0.15) is 5.10 Å². The first-order valence-corrected chi connectivity index (χ1v) is 6.12. The second kappa shape index (κ2) is 5.31. The summed E-state index contributed by atoms with van der Waals surface area (Å²) >= 11 is 0. The third-order valence-electron chi connectivity index (χ3n) is 3.32. The van der Waals surface area contributed by atoms with Gasteiger partial charge in [-0.3, -0.25) is 4.68 Å². The molecule has 1 fully saturated rings. The molecule has 1 aromatic heterocycles. The van der Waals surface area contributed by atoms with Crippen molar-refractivity contribution in [3.63, 3.8) is 0 Å². The van der Waals surface area contributed by atoms with Crippen LogP contribution in [0.2, 0.25) is 0 Å². The lowest BCUT2D eigenvalue weighted by Crippen LogP contribution is -2.06. The molecule has 0 amide bonds. The Morgan fingerprint density at radius 1 is 1.33 bits per heavy atom. The number of hydrogen-bond donors (Lipinski definition) is 1. The van der Waals surface area contributed by atoms with E-state index in [4.69, 9.17) is 5.73 Å². The Hall–Kier alpha value is -0.830. The number of rotatable bonds is 4. The molecule has 2 N–H and O–H groups in total. The van der Waals surface area contributed by atoms with Gasteiger partial charge in [-0.15, -0.1) is 0 Å². The summed E-state index contributed by atoms with van der Waals surface area (Å²) in [7, 11) is 0. The molecule has 15 heavy (non-hydrogen) atoms. The Bertz CT molecular complexity index is 287. The van der Waals surface area contributed by atoms with Crippen molar-refractivity contribution in [2.24, 2.45) is 5.73 Å². The van der Waals surface area contributed by atoms with Gasteiger partial charge in [0.05, 0.1) is 6.20 Å². The van der Waals surface area contributed by atoms with Crippen LogP contribution in [0, 0.1) is 0 Å². The monoisotopic (exact) mass is 207 g/mol. The average molecular weight is 207 g/mol. The summed E-state index contributed by atoms with van der Waals surface area (Å²) in [6.45, 7) is 1.71. The van der Waals surface area contributed by atoms with Crippen molar-refractivity contribution in [3.8, 4) is 0 Å². The van der Waals surface area contributed by atoms with Gasteiger partial charge in [-0.1, -0.05) is 19.3 Å². The molecule has 0 spiro atoms. The zero-order valence-corrected chi connectivity index (χ0v) is 9.36. The van der Waals surface area contributed by atoms with Crippen molar-refractivity contribution >= 4 is 0 Å². The van der Waals surface area contributed by atoms with E-state index in [9.17, 15) is 0 Å². The normalized spacial score (nSPS) is 18.2. The fraction of sp³-hybridized carbons (Fsp3) is 0.750. The molecule has 0 bridgehead atoms. The van der Waals surface area contributed by atoms with E-state index < -0.39 is 0 Å². The van der Waals surface area contributed by atoms with Gasteiger partial charge in [-0.05, 0) is 37.3 Å². The zero-order chi connectivity index (χ0) is 10.5. The summed E-state index contributed by atoms with van der Waals surface area (Å²) in [5.74, 6) is 0.769. The highest BCUT2D eigenvalue weighted by Crippen LogP contribution is 2.32. The van der Waals surface area contributed by atoms with Gasteiger partial charge < -0.3 is 5.73 Å². The van der Waals surface area contributed by atoms with Crippen LogP contribution in [-0.4, -0.2) is 16.3 Å². The van der Waals surface area contributed by atoms with Crippen molar-refractivity contribution in [1.82, 2.24) is 9.78 Å². The highest BCUT2D eigenvalue weighted by molar-refractivity contribution is 5.11. The Morgan fingerprint density at radius 2 is 2.13 bits per heavy atom. The lowest BCUT2D eigenvalue weighted by molar-refractivity contribution is 0.443. The average Bonchev–Trinajstić information content (AvgIpc) is 2.76. The van der Waals surface area contributed by atoms with Crippen LogP contribution < -0.4 is 5.73 Å². The summed E-state index contributed by atoms with van der Waals surface area (Å²) in [6.07, 6.45) is 12.2. The van der Waals surface area contributed by atoms with Crippen LogP contribution >= 0.6 is 0 Å². The van der Waals surface area contributed by atoms with Crippen LogP contribution in [0.15, 0.2) is 12.4 Å². The molecule has 84 valence electrons. The van der Waals surface area contributed by atoms with E-state index in [1.807, 2.05) is 10.9 Å². The fourth-order valence-electron chi connectivity index (χ4n) is 2.40. The fourth-order valence-corrected chi connectivity index (χ4v) is 2.40. The first-order chi connectivity index (χ1) is 7.40. The van der Waals surface area contributed by atoms with E-state index in [0.717, 1.165) is 25.4 Å². The molecule has 3 nitrogen and oxygen atoms in total. The van der Waals surface area contributed by atoms with E-state index in [2.05, 4.69) is 11.3 Å². The lowest BCUT2D eigenvalue weighted by atomic mass is 9.86. The molecule has 1 aliphatic rings. The van der Waals surface area contributed by atoms with Gasteiger partial charge in [0.1, 0.15) is 0 Å². The minimum absolute atomic E-state index is 0.749. The maximum Gasteiger partial charge on any atom is 0.0524 e. The zero-order valence-electron chi connectivity index (χ0n) is 9.36. The molecule has 0 aliphatic heterocycles. The van der Waals surface area contributed by atoms with Crippen LogP contribution in [0.5, 0.6) is 0 Å². The van der Waals surface area contributed by atoms with Gasteiger partial charge in [0.15, 0.2) is 0 Å². The molecule has 0 saturated heterocycles. The smallest absolute Gasteiger partial charge is 0.0524 e. The van der Waals surface area contributed by atoms with Crippen molar-refractivity contribution in [1.29, 1.82) is 0 Å². The largest absolute Gasteiger partial charge is 0.330 e. The van der Waals surface area contributed by atoms with Crippen LogP contribution in [0.1, 0.15) is 50.0 Å². The number of hydrogen-bond acceptors (Lipinski definition) is 2. The molecule has 1 aromatic rings. The topological polar surface area (TPSA) is 43.8 Å². The Labute approximate surface area is 91.7 Å². The summed E-state index contributed by atoms with van der Waals surface area (Å²) in [4.78, 5) is 0. The van der Waals surface area contributed by atoms with Crippen LogP contribution in [0.4, 0.5) is 0 Å². The Balaban J connectivity index is 1.93. The SMILES string of the molecule is NCCCn1cc(C2CCCCC2)cn1. The van der Waals surface area contributed by atoms with Gasteiger partial charge in [0.2, 0.25) is 0 Å². The highest BCUT2D eigenvalue weighted by Gasteiger charge is 2.16. The highest BCUT2D eigenvalue weighted by atomic mass is 15.3. The summed E-state index contributed by atoms with van der Waals surface area (Å²) in [5, 5.41) is 4.39. The predicted octanol–water partition coefficient (Wildman–Crippen LogP) is 2.28. The molecular formula is C12H21N3. The van der Waals surface area contributed by atoms with Crippen LogP contribution in [0.3, 0.4) is 0 Å². The number of nitrogens with zero attached hydrogens (tertiary/aromatic N) is 2. The van der Waals surface area contributed by atoms with Crippen molar-refractivity contribution in [2.45, 2.75) is 51.0 Å². The number of nitrogens with two attached hydrogens (primary N) is 1. The Morgan fingerprint density at radius 3 is 2.87 bits per heavy atom. The van der Waals surface area contributed by atoms with Gasteiger partial charge in [-0.25, -0.2) is 0 Å². The first-order valence-electron chi connectivity index (χ1n) is 6.12. The molecule has 0 atom stereocenters. The summed E-state index contributed by atoms with van der Waals surface area (Å²) in [6, 6.07) is 0. The molecule has 3 heteroatoms. The number of aryl methyl sites for hydroxylation is 1. The van der Waals surface area contributed by atoms with Crippen LogP contribution in [0.25, 0.3) is 0 Å². The van der Waals surface area contributed by atoms with Crippen molar-refractivity contribution in [3.05, 3.63) is 18.0 Å². The van der Waals surface area contributed by atoms with E-state index in [1.54, 1.807) is 0 Å². The predicted molar refractivity (Wildman–Crippen MR) is 61.7 cm³/mol. The van der Waals surface area contributed by atoms with Crippen molar-refractivity contribution < 1.29 is 0 Å².